The summed E-state index contributed by atoms with van der Waals surface area (Å²) in [6.45, 7) is 1.96. The molecule has 0 bridgehead atoms. The second kappa shape index (κ2) is 4.04. The number of aromatic nitrogens is 2. The third-order valence-electron chi connectivity index (χ3n) is 2.07. The molecule has 0 spiro atoms. The van der Waals surface area contributed by atoms with E-state index in [4.69, 9.17) is 0 Å². The molecule has 0 aromatic carbocycles. The molecule has 2 aromatic rings. The normalized spacial score (nSPS) is 10.2. The number of pyridine rings is 2. The summed E-state index contributed by atoms with van der Waals surface area (Å²) >= 11 is 0. The van der Waals surface area contributed by atoms with Crippen molar-refractivity contribution >= 4 is 16.8 Å². The maximum absolute atomic E-state index is 10.7. The van der Waals surface area contributed by atoms with Crippen LogP contribution in [0.15, 0.2) is 30.6 Å². The lowest BCUT2D eigenvalue weighted by Gasteiger charge is -2.02. The zero-order valence-electron chi connectivity index (χ0n) is 8.40. The molecule has 4 heteroatoms. The number of amides is 1. The van der Waals surface area contributed by atoms with Gasteiger partial charge in [-0.25, -0.2) is 0 Å². The van der Waals surface area contributed by atoms with Gasteiger partial charge in [-0.1, -0.05) is 0 Å². The first-order chi connectivity index (χ1) is 7.25. The molecule has 2 aromatic heterocycles. The summed E-state index contributed by atoms with van der Waals surface area (Å²) in [6.07, 6.45) is 3.47. The van der Waals surface area contributed by atoms with Crippen molar-refractivity contribution in [2.45, 2.75) is 13.5 Å². The number of nitrogens with zero attached hydrogens (tertiary/aromatic N) is 2. The van der Waals surface area contributed by atoms with Gasteiger partial charge >= 0.3 is 0 Å². The smallest absolute Gasteiger partial charge is 0.217 e. The average molecular weight is 201 g/mol. The number of hydrogen-bond acceptors (Lipinski definition) is 3. The molecule has 0 aliphatic heterocycles. The Morgan fingerprint density at radius 3 is 3.07 bits per heavy atom. The van der Waals surface area contributed by atoms with Gasteiger partial charge in [0.05, 0.1) is 17.8 Å². The van der Waals surface area contributed by atoms with Crippen LogP contribution < -0.4 is 5.32 Å². The van der Waals surface area contributed by atoms with Gasteiger partial charge in [-0.15, -0.1) is 0 Å². The summed E-state index contributed by atoms with van der Waals surface area (Å²) in [6, 6.07) is 5.69. The van der Waals surface area contributed by atoms with Crippen LogP contribution in [0.1, 0.15) is 12.6 Å². The summed E-state index contributed by atoms with van der Waals surface area (Å²) in [4.78, 5) is 19.1. The largest absolute Gasteiger partial charge is 0.351 e. The van der Waals surface area contributed by atoms with E-state index in [-0.39, 0.29) is 5.91 Å². The molecule has 2 rings (SSSR count). The van der Waals surface area contributed by atoms with Crippen LogP contribution in [0.5, 0.6) is 0 Å². The Bertz CT molecular complexity index is 496. The third kappa shape index (κ3) is 2.28. The fourth-order valence-electron chi connectivity index (χ4n) is 1.32. The molecule has 15 heavy (non-hydrogen) atoms. The molecule has 2 heterocycles. The van der Waals surface area contributed by atoms with Crippen molar-refractivity contribution in [3.63, 3.8) is 0 Å². The van der Waals surface area contributed by atoms with Crippen LogP contribution in [0, 0.1) is 0 Å². The molecular formula is C11H11N3O. The first-order valence-electron chi connectivity index (χ1n) is 4.70. The highest BCUT2D eigenvalue weighted by molar-refractivity contribution is 5.77. The van der Waals surface area contributed by atoms with Crippen LogP contribution in [0.25, 0.3) is 10.9 Å². The van der Waals surface area contributed by atoms with Gasteiger partial charge in [0.25, 0.3) is 0 Å². The summed E-state index contributed by atoms with van der Waals surface area (Å²) in [7, 11) is 0. The van der Waals surface area contributed by atoms with Crippen LogP contribution in [-0.2, 0) is 11.3 Å². The van der Waals surface area contributed by atoms with Crippen molar-refractivity contribution in [2.75, 3.05) is 0 Å². The highest BCUT2D eigenvalue weighted by atomic mass is 16.1. The van der Waals surface area contributed by atoms with Gasteiger partial charge in [0.2, 0.25) is 5.91 Å². The van der Waals surface area contributed by atoms with Gasteiger partial charge in [0.1, 0.15) is 0 Å². The van der Waals surface area contributed by atoms with Crippen LogP contribution >= 0.6 is 0 Å². The van der Waals surface area contributed by atoms with E-state index in [0.29, 0.717) is 6.54 Å². The Kier molecular flexibility index (Phi) is 2.58. The van der Waals surface area contributed by atoms with Crippen LogP contribution in [0.2, 0.25) is 0 Å². The summed E-state index contributed by atoms with van der Waals surface area (Å²) in [5.41, 5.74) is 1.75. The number of fused-ring (bicyclic) bond motifs is 1. The third-order valence-corrected chi connectivity index (χ3v) is 2.07. The molecule has 0 saturated carbocycles. The van der Waals surface area contributed by atoms with E-state index in [1.54, 1.807) is 12.4 Å². The molecule has 0 aliphatic rings. The first kappa shape index (κ1) is 9.58. The van der Waals surface area contributed by atoms with Crippen LogP contribution in [-0.4, -0.2) is 15.9 Å². The number of carbonyl (C=O) groups excluding carboxylic acids is 1. The lowest BCUT2D eigenvalue weighted by Crippen LogP contribution is -2.19. The number of nitrogens with one attached hydrogen (secondary N) is 1. The second-order valence-corrected chi connectivity index (χ2v) is 3.28. The lowest BCUT2D eigenvalue weighted by atomic mass is 10.2. The SMILES string of the molecule is CC(=O)NCc1ccc2cnccc2n1. The fraction of sp³-hybridized carbons (Fsp3) is 0.182. The molecule has 0 fully saturated rings. The van der Waals surface area contributed by atoms with Gasteiger partial charge in [-0.05, 0) is 18.2 Å². The predicted octanol–water partition coefficient (Wildman–Crippen LogP) is 1.27. The first-order valence-corrected chi connectivity index (χ1v) is 4.70. The van der Waals surface area contributed by atoms with E-state index >= 15 is 0 Å². The van der Waals surface area contributed by atoms with Gasteiger partial charge in [0, 0.05) is 24.7 Å². The Labute approximate surface area is 87.4 Å². The molecule has 0 atom stereocenters. The quantitative estimate of drug-likeness (QED) is 0.796. The molecule has 76 valence electrons. The Balaban J connectivity index is 2.26. The molecule has 1 amide bonds. The molecule has 0 aliphatic carbocycles. The Morgan fingerprint density at radius 1 is 1.40 bits per heavy atom. The summed E-state index contributed by atoms with van der Waals surface area (Å²) in [5.74, 6) is -0.0494. The van der Waals surface area contributed by atoms with E-state index in [9.17, 15) is 4.79 Å². The zero-order chi connectivity index (χ0) is 10.7. The lowest BCUT2D eigenvalue weighted by molar-refractivity contribution is -0.119. The Morgan fingerprint density at radius 2 is 2.27 bits per heavy atom. The van der Waals surface area contributed by atoms with Crippen molar-refractivity contribution < 1.29 is 4.79 Å². The minimum absolute atomic E-state index is 0.0494. The molecule has 4 nitrogen and oxygen atoms in total. The van der Waals surface area contributed by atoms with Crippen molar-refractivity contribution in [1.29, 1.82) is 0 Å². The number of hydrogen-bond donors (Lipinski definition) is 1. The van der Waals surface area contributed by atoms with Crippen LogP contribution in [0.4, 0.5) is 0 Å². The van der Waals surface area contributed by atoms with Crippen molar-refractivity contribution in [1.82, 2.24) is 15.3 Å². The number of rotatable bonds is 2. The predicted molar refractivity (Wildman–Crippen MR) is 57.1 cm³/mol. The molecule has 0 saturated heterocycles. The monoisotopic (exact) mass is 201 g/mol. The van der Waals surface area contributed by atoms with E-state index in [2.05, 4.69) is 15.3 Å². The minimum Gasteiger partial charge on any atom is -0.351 e. The summed E-state index contributed by atoms with van der Waals surface area (Å²) in [5, 5.41) is 3.71. The van der Waals surface area contributed by atoms with Crippen molar-refractivity contribution in [3.8, 4) is 0 Å². The van der Waals surface area contributed by atoms with Crippen molar-refractivity contribution in [3.05, 3.63) is 36.3 Å². The van der Waals surface area contributed by atoms with Gasteiger partial charge in [-0.3, -0.25) is 14.8 Å². The Hall–Kier alpha value is -1.97. The van der Waals surface area contributed by atoms with E-state index < -0.39 is 0 Å². The van der Waals surface area contributed by atoms with Crippen LogP contribution in [0.3, 0.4) is 0 Å². The number of carbonyl (C=O) groups is 1. The second-order valence-electron chi connectivity index (χ2n) is 3.28. The molecular weight excluding hydrogens is 190 g/mol. The standard InChI is InChI=1S/C11H11N3O/c1-8(15)13-7-10-3-2-9-6-12-5-4-11(9)14-10/h2-6H,7H2,1H3,(H,13,15). The van der Waals surface area contributed by atoms with E-state index in [1.165, 1.54) is 6.92 Å². The van der Waals surface area contributed by atoms with Gasteiger partial charge < -0.3 is 5.32 Å². The van der Waals surface area contributed by atoms with Crippen molar-refractivity contribution in [2.24, 2.45) is 0 Å². The molecule has 0 radical (unpaired) electrons. The average Bonchev–Trinajstić information content (AvgIpc) is 2.26. The maximum Gasteiger partial charge on any atom is 0.217 e. The van der Waals surface area contributed by atoms with E-state index in [1.807, 2.05) is 18.2 Å². The fourth-order valence-corrected chi connectivity index (χ4v) is 1.32. The van der Waals surface area contributed by atoms with Gasteiger partial charge in [0.15, 0.2) is 0 Å². The molecule has 0 unspecified atom stereocenters. The van der Waals surface area contributed by atoms with Gasteiger partial charge in [-0.2, -0.15) is 0 Å². The summed E-state index contributed by atoms with van der Waals surface area (Å²) < 4.78 is 0. The minimum atomic E-state index is -0.0494. The topological polar surface area (TPSA) is 54.9 Å². The zero-order valence-corrected chi connectivity index (χ0v) is 8.40. The highest BCUT2D eigenvalue weighted by Gasteiger charge is 1.98. The maximum atomic E-state index is 10.7. The molecule has 1 N–H and O–H groups in total. The van der Waals surface area contributed by atoms with E-state index in [0.717, 1.165) is 16.6 Å². The highest BCUT2D eigenvalue weighted by Crippen LogP contribution is 2.09.